The highest BCUT2D eigenvalue weighted by atomic mass is 35.5. The molecule has 0 heterocycles. The summed E-state index contributed by atoms with van der Waals surface area (Å²) >= 11 is 5.80. The summed E-state index contributed by atoms with van der Waals surface area (Å²) in [4.78, 5) is 11.6. The fourth-order valence-electron chi connectivity index (χ4n) is 1.09. The van der Waals surface area contributed by atoms with Gasteiger partial charge in [-0.2, -0.15) is 5.26 Å². The summed E-state index contributed by atoms with van der Waals surface area (Å²) in [5.74, 6) is -0.0182. The molecule has 1 aromatic carbocycles. The van der Waals surface area contributed by atoms with Crippen LogP contribution in [0.3, 0.4) is 0 Å². The van der Waals surface area contributed by atoms with Crippen LogP contribution in [0.25, 0.3) is 0 Å². The molecule has 2 nitrogen and oxygen atoms in total. The summed E-state index contributed by atoms with van der Waals surface area (Å²) in [5, 5.41) is 8.97. The van der Waals surface area contributed by atoms with Gasteiger partial charge in [-0.1, -0.05) is 25.4 Å². The van der Waals surface area contributed by atoms with E-state index in [2.05, 4.69) is 0 Å². The minimum absolute atomic E-state index is 0.0383. The predicted molar refractivity (Wildman–Crippen MR) is 55.3 cm³/mol. The molecule has 0 atom stereocenters. The number of rotatable bonds is 2. The molecule has 0 fully saturated rings. The summed E-state index contributed by atoms with van der Waals surface area (Å²) in [7, 11) is 0. The van der Waals surface area contributed by atoms with E-state index >= 15 is 0 Å². The molecule has 0 unspecified atom stereocenters. The lowest BCUT2D eigenvalue weighted by atomic mass is 10.0. The van der Waals surface area contributed by atoms with Crippen molar-refractivity contribution in [2.24, 2.45) is 5.92 Å². The second kappa shape index (κ2) is 4.26. The predicted octanol–water partition coefficient (Wildman–Crippen LogP) is 3.05. The normalized spacial score (nSPS) is 9.93. The number of halogens is 1. The van der Waals surface area contributed by atoms with Crippen molar-refractivity contribution in [1.29, 1.82) is 5.26 Å². The Morgan fingerprint density at radius 2 is 2.14 bits per heavy atom. The highest BCUT2D eigenvalue weighted by Gasteiger charge is 2.11. The molecule has 0 saturated carbocycles. The summed E-state index contributed by atoms with van der Waals surface area (Å²) in [6, 6.07) is 6.69. The van der Waals surface area contributed by atoms with Crippen molar-refractivity contribution >= 4 is 17.4 Å². The standard InChI is InChI=1S/C11H10ClNO/c1-7(2)11(14)8-3-4-9(6-13)10(12)5-8/h3-5,7H,1-2H3. The van der Waals surface area contributed by atoms with Crippen LogP contribution in [0.4, 0.5) is 0 Å². The lowest BCUT2D eigenvalue weighted by Gasteiger charge is -2.04. The summed E-state index contributed by atoms with van der Waals surface area (Å²) < 4.78 is 0. The van der Waals surface area contributed by atoms with Crippen LogP contribution in [0.5, 0.6) is 0 Å². The molecule has 14 heavy (non-hydrogen) atoms. The number of benzene rings is 1. The molecule has 1 aromatic rings. The monoisotopic (exact) mass is 207 g/mol. The van der Waals surface area contributed by atoms with Crippen molar-refractivity contribution in [2.45, 2.75) is 13.8 Å². The van der Waals surface area contributed by atoms with Gasteiger partial charge in [-0.3, -0.25) is 4.79 Å². The van der Waals surface area contributed by atoms with Crippen LogP contribution in [-0.4, -0.2) is 5.78 Å². The zero-order valence-corrected chi connectivity index (χ0v) is 8.80. The molecule has 0 bridgehead atoms. The quantitative estimate of drug-likeness (QED) is 0.700. The highest BCUT2D eigenvalue weighted by Crippen LogP contribution is 2.18. The first-order valence-electron chi connectivity index (χ1n) is 4.30. The summed E-state index contributed by atoms with van der Waals surface area (Å²) in [6.45, 7) is 3.66. The van der Waals surface area contributed by atoms with E-state index < -0.39 is 0 Å². The van der Waals surface area contributed by atoms with Crippen molar-refractivity contribution in [3.63, 3.8) is 0 Å². The average molecular weight is 208 g/mol. The van der Waals surface area contributed by atoms with Gasteiger partial charge < -0.3 is 0 Å². The average Bonchev–Trinajstić information content (AvgIpc) is 2.16. The second-order valence-corrected chi connectivity index (χ2v) is 3.73. The Bertz CT molecular complexity index is 404. The van der Waals surface area contributed by atoms with E-state index in [1.54, 1.807) is 18.2 Å². The minimum Gasteiger partial charge on any atom is -0.294 e. The Morgan fingerprint density at radius 1 is 1.50 bits per heavy atom. The van der Waals surface area contributed by atoms with Gasteiger partial charge in [0.25, 0.3) is 0 Å². The summed E-state index contributed by atoms with van der Waals surface area (Å²) in [5.41, 5.74) is 0.955. The van der Waals surface area contributed by atoms with Gasteiger partial charge in [0, 0.05) is 11.5 Å². The molecule has 1 rings (SSSR count). The number of Topliss-reactive ketones (excluding diaryl/α,β-unsaturated/α-hetero) is 1. The van der Waals surface area contributed by atoms with Crippen molar-refractivity contribution in [3.8, 4) is 6.07 Å². The van der Waals surface area contributed by atoms with Crippen molar-refractivity contribution in [2.75, 3.05) is 0 Å². The molecule has 72 valence electrons. The first kappa shape index (κ1) is 10.7. The van der Waals surface area contributed by atoms with Crippen LogP contribution < -0.4 is 0 Å². The van der Waals surface area contributed by atoms with Gasteiger partial charge >= 0.3 is 0 Å². The first-order chi connectivity index (χ1) is 6.56. The molecular weight excluding hydrogens is 198 g/mol. The summed E-state index contributed by atoms with van der Waals surface area (Å²) in [6.07, 6.45) is 0. The molecular formula is C11H10ClNO. The van der Waals surface area contributed by atoms with Crippen molar-refractivity contribution in [3.05, 3.63) is 34.3 Å². The Hall–Kier alpha value is -1.33. The third kappa shape index (κ3) is 2.12. The Labute approximate surface area is 88.1 Å². The number of carbonyl (C=O) groups excluding carboxylic acids is 1. The van der Waals surface area contributed by atoms with E-state index in [9.17, 15) is 4.79 Å². The zero-order valence-electron chi connectivity index (χ0n) is 8.04. The number of hydrogen-bond donors (Lipinski definition) is 0. The zero-order chi connectivity index (χ0) is 10.7. The van der Waals surface area contributed by atoms with Gasteiger partial charge in [0.05, 0.1) is 10.6 Å². The molecule has 0 aromatic heterocycles. The largest absolute Gasteiger partial charge is 0.294 e. The molecule has 0 aliphatic rings. The van der Waals surface area contributed by atoms with E-state index in [4.69, 9.17) is 16.9 Å². The third-order valence-electron chi connectivity index (χ3n) is 1.90. The molecule has 0 saturated heterocycles. The molecule has 0 aliphatic heterocycles. The van der Waals surface area contributed by atoms with Crippen LogP contribution in [0.2, 0.25) is 5.02 Å². The maximum absolute atomic E-state index is 11.6. The van der Waals surface area contributed by atoms with Gasteiger partial charge in [0.1, 0.15) is 6.07 Å². The van der Waals surface area contributed by atoms with Crippen molar-refractivity contribution < 1.29 is 4.79 Å². The number of ketones is 1. The Kier molecular flexibility index (Phi) is 3.27. The molecule has 0 amide bonds. The van der Waals surface area contributed by atoms with Gasteiger partial charge in [0.15, 0.2) is 5.78 Å². The molecule has 0 spiro atoms. The topological polar surface area (TPSA) is 40.9 Å². The number of nitrogens with zero attached hydrogens (tertiary/aromatic N) is 1. The second-order valence-electron chi connectivity index (χ2n) is 3.33. The van der Waals surface area contributed by atoms with E-state index in [-0.39, 0.29) is 11.7 Å². The maximum atomic E-state index is 11.6. The first-order valence-corrected chi connectivity index (χ1v) is 4.68. The SMILES string of the molecule is CC(C)C(=O)c1ccc(C#N)c(Cl)c1. The highest BCUT2D eigenvalue weighted by molar-refractivity contribution is 6.32. The van der Waals surface area contributed by atoms with Gasteiger partial charge in [-0.15, -0.1) is 0 Å². The third-order valence-corrected chi connectivity index (χ3v) is 2.21. The molecule has 0 N–H and O–H groups in total. The van der Waals surface area contributed by atoms with E-state index in [1.165, 1.54) is 0 Å². The van der Waals surface area contributed by atoms with Crippen LogP contribution in [0.15, 0.2) is 18.2 Å². The van der Waals surface area contributed by atoms with E-state index in [0.717, 1.165) is 0 Å². The number of hydrogen-bond acceptors (Lipinski definition) is 2. The van der Waals surface area contributed by atoms with Gasteiger partial charge in [-0.25, -0.2) is 0 Å². The van der Waals surface area contributed by atoms with Gasteiger partial charge in [-0.05, 0) is 18.2 Å². The molecule has 0 radical (unpaired) electrons. The molecule has 3 heteroatoms. The molecule has 0 aliphatic carbocycles. The van der Waals surface area contributed by atoms with Crippen LogP contribution in [0, 0.1) is 17.2 Å². The van der Waals surface area contributed by atoms with Crippen LogP contribution in [0.1, 0.15) is 29.8 Å². The smallest absolute Gasteiger partial charge is 0.165 e. The lowest BCUT2D eigenvalue weighted by molar-refractivity contribution is 0.0939. The van der Waals surface area contributed by atoms with E-state index in [1.807, 2.05) is 19.9 Å². The maximum Gasteiger partial charge on any atom is 0.165 e. The minimum atomic E-state index is -0.0565. The van der Waals surface area contributed by atoms with E-state index in [0.29, 0.717) is 16.1 Å². The fraction of sp³-hybridized carbons (Fsp3) is 0.273. The van der Waals surface area contributed by atoms with Crippen molar-refractivity contribution in [1.82, 2.24) is 0 Å². The Balaban J connectivity index is 3.11. The Morgan fingerprint density at radius 3 is 2.57 bits per heavy atom. The lowest BCUT2D eigenvalue weighted by Crippen LogP contribution is -2.07. The van der Waals surface area contributed by atoms with Crippen LogP contribution in [-0.2, 0) is 0 Å². The number of carbonyl (C=O) groups is 1. The van der Waals surface area contributed by atoms with Gasteiger partial charge in [0.2, 0.25) is 0 Å². The van der Waals surface area contributed by atoms with Crippen LogP contribution >= 0.6 is 11.6 Å². The fourth-order valence-corrected chi connectivity index (χ4v) is 1.32. The number of nitriles is 1.